The van der Waals surface area contributed by atoms with Gasteiger partial charge in [-0.2, -0.15) is 0 Å². The number of para-hydroxylation sites is 1. The van der Waals surface area contributed by atoms with E-state index in [2.05, 4.69) is 0 Å². The smallest absolute Gasteiger partial charge is 0.143 e. The Morgan fingerprint density at radius 2 is 1.89 bits per heavy atom. The van der Waals surface area contributed by atoms with E-state index in [9.17, 15) is 4.39 Å². The van der Waals surface area contributed by atoms with Crippen LogP contribution >= 0.6 is 11.6 Å². The van der Waals surface area contributed by atoms with Crippen molar-refractivity contribution >= 4 is 28.7 Å². The Morgan fingerprint density at radius 3 is 2.50 bits per heavy atom. The number of nitrogens with two attached hydrogens (primary N) is 1. The predicted molar refractivity (Wildman–Crippen MR) is 74.9 cm³/mol. The minimum absolute atomic E-state index is 0.0774. The number of rotatable bonds is 3. The van der Waals surface area contributed by atoms with Gasteiger partial charge in [-0.3, -0.25) is 0 Å². The fourth-order valence-electron chi connectivity index (χ4n) is 1.89. The minimum atomic E-state index is -0.498. The van der Waals surface area contributed by atoms with Crippen LogP contribution in [-0.4, -0.2) is 6.54 Å². The summed E-state index contributed by atoms with van der Waals surface area (Å²) in [6, 6.07) is 12.6. The van der Waals surface area contributed by atoms with E-state index in [-0.39, 0.29) is 5.02 Å². The summed E-state index contributed by atoms with van der Waals surface area (Å²) >= 11 is 5.82. The van der Waals surface area contributed by atoms with Gasteiger partial charge in [-0.15, -0.1) is 0 Å². The predicted octanol–water partition coefficient (Wildman–Crippen LogP) is 4.22. The standard InChI is InChI=1S/C14H14ClFN2/c1-2-18(10-6-4-3-5-7-10)14-8-11(15)12(16)9-13(14)17/h3-9H,2,17H2,1H3. The molecule has 0 bridgehead atoms. The molecule has 2 N–H and O–H groups in total. The summed E-state index contributed by atoms with van der Waals surface area (Å²) in [7, 11) is 0. The van der Waals surface area contributed by atoms with Crippen LogP contribution in [0.5, 0.6) is 0 Å². The van der Waals surface area contributed by atoms with Crippen LogP contribution in [0.1, 0.15) is 6.92 Å². The van der Waals surface area contributed by atoms with E-state index in [1.807, 2.05) is 42.2 Å². The summed E-state index contributed by atoms with van der Waals surface area (Å²) in [5, 5.41) is 0.0774. The van der Waals surface area contributed by atoms with Gasteiger partial charge in [-0.1, -0.05) is 29.8 Å². The molecule has 94 valence electrons. The maximum atomic E-state index is 13.3. The van der Waals surface area contributed by atoms with Gasteiger partial charge >= 0.3 is 0 Å². The Bertz CT molecular complexity index is 543. The van der Waals surface area contributed by atoms with Crippen LogP contribution in [-0.2, 0) is 0 Å². The van der Waals surface area contributed by atoms with E-state index >= 15 is 0 Å². The second-order valence-electron chi connectivity index (χ2n) is 3.90. The molecule has 0 saturated carbocycles. The summed E-state index contributed by atoms with van der Waals surface area (Å²) in [5.41, 5.74) is 7.95. The number of halogens is 2. The molecule has 0 amide bonds. The number of hydrogen-bond donors (Lipinski definition) is 1. The van der Waals surface area contributed by atoms with Crippen LogP contribution in [0.15, 0.2) is 42.5 Å². The van der Waals surface area contributed by atoms with Gasteiger partial charge in [-0.25, -0.2) is 4.39 Å². The van der Waals surface area contributed by atoms with Crippen LogP contribution in [0.4, 0.5) is 21.5 Å². The van der Waals surface area contributed by atoms with Crippen molar-refractivity contribution in [1.29, 1.82) is 0 Å². The molecule has 0 spiro atoms. The number of anilines is 3. The molecule has 2 rings (SSSR count). The zero-order valence-electron chi connectivity index (χ0n) is 10.0. The number of nitrogens with zero attached hydrogens (tertiary/aromatic N) is 1. The van der Waals surface area contributed by atoms with E-state index in [1.54, 1.807) is 6.07 Å². The lowest BCUT2D eigenvalue weighted by Crippen LogP contribution is -2.17. The lowest BCUT2D eigenvalue weighted by molar-refractivity contribution is 0.629. The van der Waals surface area contributed by atoms with Crippen LogP contribution in [0.2, 0.25) is 5.02 Å². The van der Waals surface area contributed by atoms with Crippen molar-refractivity contribution in [1.82, 2.24) is 0 Å². The summed E-state index contributed by atoms with van der Waals surface area (Å²) in [4.78, 5) is 1.99. The highest BCUT2D eigenvalue weighted by Gasteiger charge is 2.13. The van der Waals surface area contributed by atoms with Crippen molar-refractivity contribution in [3.63, 3.8) is 0 Å². The van der Waals surface area contributed by atoms with Crippen LogP contribution in [0, 0.1) is 5.82 Å². The molecule has 0 aliphatic rings. The summed E-state index contributed by atoms with van der Waals surface area (Å²) < 4.78 is 13.3. The highest BCUT2D eigenvalue weighted by atomic mass is 35.5. The molecule has 0 saturated heterocycles. The highest BCUT2D eigenvalue weighted by Crippen LogP contribution is 2.33. The first kappa shape index (κ1) is 12.7. The van der Waals surface area contributed by atoms with Gasteiger partial charge < -0.3 is 10.6 Å². The van der Waals surface area contributed by atoms with E-state index in [1.165, 1.54) is 6.07 Å². The van der Waals surface area contributed by atoms with Crippen molar-refractivity contribution in [2.24, 2.45) is 0 Å². The van der Waals surface area contributed by atoms with Crippen LogP contribution in [0.25, 0.3) is 0 Å². The second-order valence-corrected chi connectivity index (χ2v) is 4.31. The molecular weight excluding hydrogens is 251 g/mol. The van der Waals surface area contributed by atoms with Gasteiger partial charge in [-0.05, 0) is 25.1 Å². The Labute approximate surface area is 111 Å². The lowest BCUT2D eigenvalue weighted by atomic mass is 10.2. The molecule has 0 radical (unpaired) electrons. The lowest BCUT2D eigenvalue weighted by Gasteiger charge is -2.25. The summed E-state index contributed by atoms with van der Waals surface area (Å²) in [6.45, 7) is 2.72. The van der Waals surface area contributed by atoms with E-state index in [4.69, 9.17) is 17.3 Å². The number of hydrogen-bond acceptors (Lipinski definition) is 2. The minimum Gasteiger partial charge on any atom is -0.397 e. The zero-order valence-corrected chi connectivity index (χ0v) is 10.8. The maximum Gasteiger partial charge on any atom is 0.143 e. The molecule has 2 nitrogen and oxygen atoms in total. The average molecular weight is 265 g/mol. The molecule has 0 aromatic heterocycles. The van der Waals surface area contributed by atoms with Crippen LogP contribution < -0.4 is 10.6 Å². The molecular formula is C14H14ClFN2. The largest absolute Gasteiger partial charge is 0.397 e. The third kappa shape index (κ3) is 2.41. The van der Waals surface area contributed by atoms with Gasteiger partial charge in [0.05, 0.1) is 16.4 Å². The molecule has 4 heteroatoms. The average Bonchev–Trinajstić information content (AvgIpc) is 2.38. The third-order valence-corrected chi connectivity index (χ3v) is 3.03. The van der Waals surface area contributed by atoms with Gasteiger partial charge in [0.1, 0.15) is 5.82 Å². The Morgan fingerprint density at radius 1 is 1.22 bits per heavy atom. The molecule has 18 heavy (non-hydrogen) atoms. The van der Waals surface area contributed by atoms with E-state index in [0.717, 1.165) is 17.9 Å². The first-order valence-corrected chi connectivity index (χ1v) is 6.08. The SMILES string of the molecule is CCN(c1ccccc1)c1cc(Cl)c(F)cc1N. The van der Waals surface area contributed by atoms with Gasteiger partial charge in [0.2, 0.25) is 0 Å². The Balaban J connectivity index is 2.49. The molecule has 0 fully saturated rings. The van der Waals surface area contributed by atoms with Crippen molar-refractivity contribution in [3.05, 3.63) is 53.3 Å². The monoisotopic (exact) mass is 264 g/mol. The number of nitrogen functional groups attached to an aromatic ring is 1. The molecule has 0 heterocycles. The molecule has 0 aliphatic carbocycles. The summed E-state index contributed by atoms with van der Waals surface area (Å²) in [5.74, 6) is -0.498. The summed E-state index contributed by atoms with van der Waals surface area (Å²) in [6.07, 6.45) is 0. The van der Waals surface area contributed by atoms with Gasteiger partial charge in [0.25, 0.3) is 0 Å². The van der Waals surface area contributed by atoms with Crippen molar-refractivity contribution < 1.29 is 4.39 Å². The van der Waals surface area contributed by atoms with Crippen molar-refractivity contribution in [2.75, 3.05) is 17.2 Å². The first-order chi connectivity index (χ1) is 8.63. The molecule has 2 aromatic rings. The third-order valence-electron chi connectivity index (χ3n) is 2.74. The van der Waals surface area contributed by atoms with E-state index < -0.39 is 5.82 Å². The van der Waals surface area contributed by atoms with Crippen LogP contribution in [0.3, 0.4) is 0 Å². The van der Waals surface area contributed by atoms with Gasteiger partial charge in [0.15, 0.2) is 0 Å². The highest BCUT2D eigenvalue weighted by molar-refractivity contribution is 6.31. The topological polar surface area (TPSA) is 29.3 Å². The van der Waals surface area contributed by atoms with Crippen molar-refractivity contribution in [3.8, 4) is 0 Å². The molecule has 0 unspecified atom stereocenters. The normalized spacial score (nSPS) is 10.4. The second kappa shape index (κ2) is 5.27. The maximum absolute atomic E-state index is 13.3. The quantitative estimate of drug-likeness (QED) is 0.841. The van der Waals surface area contributed by atoms with E-state index in [0.29, 0.717) is 5.69 Å². The Kier molecular flexibility index (Phi) is 3.72. The molecule has 0 atom stereocenters. The van der Waals surface area contributed by atoms with Crippen molar-refractivity contribution in [2.45, 2.75) is 6.92 Å². The van der Waals surface area contributed by atoms with Gasteiger partial charge in [0, 0.05) is 18.3 Å². The fraction of sp³-hybridized carbons (Fsp3) is 0.143. The molecule has 0 aliphatic heterocycles. The zero-order chi connectivity index (χ0) is 13.1. The number of benzene rings is 2. The molecule has 2 aromatic carbocycles. The Hall–Kier alpha value is -1.74. The fourth-order valence-corrected chi connectivity index (χ4v) is 2.04. The first-order valence-electron chi connectivity index (χ1n) is 5.70.